The van der Waals surface area contributed by atoms with Crippen LogP contribution in [0, 0.1) is 5.41 Å². The number of amides is 1. The van der Waals surface area contributed by atoms with Gasteiger partial charge in [-0.05, 0) is 43.8 Å². The molecular weight excluding hydrogens is 316 g/mol. The van der Waals surface area contributed by atoms with Crippen molar-refractivity contribution in [1.29, 1.82) is 0 Å². The van der Waals surface area contributed by atoms with E-state index >= 15 is 0 Å². The molecule has 0 atom stereocenters. The summed E-state index contributed by atoms with van der Waals surface area (Å²) in [7, 11) is 0. The number of piperazine rings is 1. The fraction of sp³-hybridized carbons (Fsp3) is 0.722. The van der Waals surface area contributed by atoms with E-state index in [2.05, 4.69) is 30.0 Å². The van der Waals surface area contributed by atoms with Gasteiger partial charge >= 0.3 is 0 Å². The third kappa shape index (κ3) is 3.77. The van der Waals surface area contributed by atoms with Crippen LogP contribution < -0.4 is 10.2 Å². The minimum Gasteiger partial charge on any atom is -0.341 e. The van der Waals surface area contributed by atoms with Gasteiger partial charge in [0.2, 0.25) is 11.9 Å². The van der Waals surface area contributed by atoms with Crippen molar-refractivity contribution in [3.05, 3.63) is 18.5 Å². The number of piperidine rings is 1. The van der Waals surface area contributed by atoms with Crippen molar-refractivity contribution < 1.29 is 4.79 Å². The Bertz CT molecular complexity index is 580. The van der Waals surface area contributed by atoms with Crippen LogP contribution in [-0.2, 0) is 4.79 Å². The molecule has 1 spiro atoms. The van der Waals surface area contributed by atoms with Crippen LogP contribution in [0.5, 0.6) is 0 Å². The molecule has 7 nitrogen and oxygen atoms in total. The highest BCUT2D eigenvalue weighted by molar-refractivity contribution is 5.78. The van der Waals surface area contributed by atoms with E-state index in [1.807, 2.05) is 6.07 Å². The Labute approximate surface area is 149 Å². The average Bonchev–Trinajstić information content (AvgIpc) is 3.07. The van der Waals surface area contributed by atoms with Crippen molar-refractivity contribution in [3.63, 3.8) is 0 Å². The van der Waals surface area contributed by atoms with Crippen molar-refractivity contribution in [3.8, 4) is 0 Å². The summed E-state index contributed by atoms with van der Waals surface area (Å²) in [6.07, 6.45) is 7.17. The van der Waals surface area contributed by atoms with E-state index in [4.69, 9.17) is 0 Å². The highest BCUT2D eigenvalue weighted by Gasteiger charge is 2.40. The first-order valence-electron chi connectivity index (χ1n) is 9.47. The maximum absolute atomic E-state index is 12.7. The zero-order valence-corrected chi connectivity index (χ0v) is 14.9. The molecule has 1 N–H and O–H groups in total. The van der Waals surface area contributed by atoms with Crippen LogP contribution in [0.2, 0.25) is 0 Å². The summed E-state index contributed by atoms with van der Waals surface area (Å²) >= 11 is 0. The SMILES string of the molecule is O=C(CN1CCN(c2ncccn2)CC1)N1CCC2(CCNCC2)C1. The Morgan fingerprint density at radius 1 is 1.04 bits per heavy atom. The van der Waals surface area contributed by atoms with E-state index in [9.17, 15) is 4.79 Å². The number of likely N-dealkylation sites (tertiary alicyclic amines) is 1. The molecule has 3 saturated heterocycles. The molecule has 4 heterocycles. The lowest BCUT2D eigenvalue weighted by molar-refractivity contribution is -0.132. The summed E-state index contributed by atoms with van der Waals surface area (Å²) in [4.78, 5) is 27.9. The van der Waals surface area contributed by atoms with Gasteiger partial charge in [0.1, 0.15) is 0 Å². The molecule has 3 fully saturated rings. The van der Waals surface area contributed by atoms with E-state index in [1.165, 1.54) is 19.3 Å². The maximum atomic E-state index is 12.7. The Hall–Kier alpha value is -1.73. The Kier molecular flexibility index (Phi) is 4.85. The molecule has 0 saturated carbocycles. The lowest BCUT2D eigenvalue weighted by Crippen LogP contribution is -2.50. The molecular formula is C18H28N6O. The van der Waals surface area contributed by atoms with Gasteiger partial charge < -0.3 is 15.1 Å². The Morgan fingerprint density at radius 3 is 2.48 bits per heavy atom. The van der Waals surface area contributed by atoms with Crippen molar-refractivity contribution in [2.75, 3.05) is 63.8 Å². The van der Waals surface area contributed by atoms with Gasteiger partial charge in [-0.2, -0.15) is 0 Å². The summed E-state index contributed by atoms with van der Waals surface area (Å²) < 4.78 is 0. The number of rotatable bonds is 3. The predicted molar refractivity (Wildman–Crippen MR) is 96.4 cm³/mol. The first kappa shape index (κ1) is 16.7. The van der Waals surface area contributed by atoms with E-state index < -0.39 is 0 Å². The summed E-state index contributed by atoms with van der Waals surface area (Å²) in [6.45, 7) is 8.22. The first-order chi connectivity index (χ1) is 12.2. The van der Waals surface area contributed by atoms with E-state index in [1.54, 1.807) is 12.4 Å². The van der Waals surface area contributed by atoms with Crippen LogP contribution in [0.4, 0.5) is 5.95 Å². The second-order valence-corrected chi connectivity index (χ2v) is 7.63. The van der Waals surface area contributed by atoms with Gasteiger partial charge in [0, 0.05) is 51.7 Å². The number of aromatic nitrogens is 2. The standard InChI is InChI=1S/C18H28N6O/c25-16(24-9-4-18(15-24)2-7-19-8-3-18)14-22-10-12-23(13-11-22)17-20-5-1-6-21-17/h1,5-6,19H,2-4,7-15H2. The quantitative estimate of drug-likeness (QED) is 0.845. The molecule has 7 heteroatoms. The van der Waals surface area contributed by atoms with Crippen LogP contribution in [0.25, 0.3) is 0 Å². The van der Waals surface area contributed by atoms with Crippen LogP contribution in [-0.4, -0.2) is 84.6 Å². The fourth-order valence-electron chi connectivity index (χ4n) is 4.37. The van der Waals surface area contributed by atoms with Crippen molar-refractivity contribution in [1.82, 2.24) is 25.1 Å². The average molecular weight is 344 g/mol. The molecule has 0 aliphatic carbocycles. The number of anilines is 1. The number of nitrogens with one attached hydrogen (secondary N) is 1. The third-order valence-corrected chi connectivity index (χ3v) is 6.02. The summed E-state index contributed by atoms with van der Waals surface area (Å²) in [6, 6.07) is 1.84. The predicted octanol–water partition coefficient (Wildman–Crippen LogP) is 0.201. The number of carbonyl (C=O) groups is 1. The van der Waals surface area contributed by atoms with Crippen LogP contribution in [0.3, 0.4) is 0 Å². The smallest absolute Gasteiger partial charge is 0.236 e. The lowest BCUT2D eigenvalue weighted by atomic mass is 9.78. The minimum atomic E-state index is 0.305. The number of nitrogens with zero attached hydrogens (tertiary/aromatic N) is 5. The van der Waals surface area contributed by atoms with Crippen LogP contribution >= 0.6 is 0 Å². The van der Waals surface area contributed by atoms with E-state index in [0.717, 1.165) is 58.3 Å². The first-order valence-corrected chi connectivity index (χ1v) is 9.47. The second kappa shape index (κ2) is 7.25. The van der Waals surface area contributed by atoms with Crippen molar-refractivity contribution >= 4 is 11.9 Å². The van der Waals surface area contributed by atoms with Gasteiger partial charge in [0.05, 0.1) is 6.54 Å². The van der Waals surface area contributed by atoms with Crippen LogP contribution in [0.15, 0.2) is 18.5 Å². The van der Waals surface area contributed by atoms with Gasteiger partial charge in [-0.15, -0.1) is 0 Å². The number of hydrogen-bond acceptors (Lipinski definition) is 6. The van der Waals surface area contributed by atoms with Gasteiger partial charge in [-0.3, -0.25) is 9.69 Å². The normalized spacial score (nSPS) is 24.0. The topological polar surface area (TPSA) is 64.6 Å². The van der Waals surface area contributed by atoms with Gasteiger partial charge in [0.25, 0.3) is 0 Å². The summed E-state index contributed by atoms with van der Waals surface area (Å²) in [5.41, 5.74) is 0.393. The molecule has 0 aromatic carbocycles. The third-order valence-electron chi connectivity index (χ3n) is 6.02. The summed E-state index contributed by atoms with van der Waals surface area (Å²) in [5, 5.41) is 3.44. The second-order valence-electron chi connectivity index (χ2n) is 7.63. The Balaban J connectivity index is 1.25. The van der Waals surface area contributed by atoms with Gasteiger partial charge in [-0.25, -0.2) is 9.97 Å². The molecule has 1 aromatic rings. The van der Waals surface area contributed by atoms with E-state index in [0.29, 0.717) is 17.9 Å². The van der Waals surface area contributed by atoms with Crippen LogP contribution in [0.1, 0.15) is 19.3 Å². The molecule has 0 unspecified atom stereocenters. The van der Waals surface area contributed by atoms with Crippen molar-refractivity contribution in [2.24, 2.45) is 5.41 Å². The molecule has 25 heavy (non-hydrogen) atoms. The Morgan fingerprint density at radius 2 is 1.76 bits per heavy atom. The number of carbonyl (C=O) groups excluding carboxylic acids is 1. The minimum absolute atomic E-state index is 0.305. The van der Waals surface area contributed by atoms with Crippen molar-refractivity contribution in [2.45, 2.75) is 19.3 Å². The fourth-order valence-corrected chi connectivity index (χ4v) is 4.37. The molecule has 0 bridgehead atoms. The zero-order valence-electron chi connectivity index (χ0n) is 14.9. The van der Waals surface area contributed by atoms with E-state index in [-0.39, 0.29) is 0 Å². The molecule has 0 radical (unpaired) electrons. The largest absolute Gasteiger partial charge is 0.341 e. The highest BCUT2D eigenvalue weighted by Crippen LogP contribution is 2.38. The van der Waals surface area contributed by atoms with Gasteiger partial charge in [0.15, 0.2) is 0 Å². The molecule has 1 amide bonds. The number of hydrogen-bond donors (Lipinski definition) is 1. The highest BCUT2D eigenvalue weighted by atomic mass is 16.2. The zero-order chi connectivity index (χ0) is 17.1. The lowest BCUT2D eigenvalue weighted by Gasteiger charge is -2.36. The molecule has 3 aliphatic heterocycles. The molecule has 136 valence electrons. The maximum Gasteiger partial charge on any atom is 0.236 e. The molecule has 3 aliphatic rings. The monoisotopic (exact) mass is 344 g/mol. The van der Waals surface area contributed by atoms with Gasteiger partial charge in [-0.1, -0.05) is 0 Å². The molecule has 1 aromatic heterocycles. The summed E-state index contributed by atoms with van der Waals surface area (Å²) in [5.74, 6) is 1.10. The molecule has 4 rings (SSSR count).